The summed E-state index contributed by atoms with van der Waals surface area (Å²) < 4.78 is 11.7. The van der Waals surface area contributed by atoms with E-state index in [0.717, 1.165) is 23.1 Å². The van der Waals surface area contributed by atoms with E-state index in [0.29, 0.717) is 44.6 Å². The molecule has 1 atom stereocenters. The van der Waals surface area contributed by atoms with Gasteiger partial charge in [-0.3, -0.25) is 10.1 Å². The van der Waals surface area contributed by atoms with Crippen molar-refractivity contribution in [2.24, 2.45) is 0 Å². The van der Waals surface area contributed by atoms with Crippen molar-refractivity contribution in [3.63, 3.8) is 0 Å². The van der Waals surface area contributed by atoms with Gasteiger partial charge in [0.1, 0.15) is 17.0 Å². The van der Waals surface area contributed by atoms with Crippen LogP contribution in [-0.4, -0.2) is 16.0 Å². The van der Waals surface area contributed by atoms with Gasteiger partial charge < -0.3 is 14.2 Å². The number of fused-ring (bicyclic) bond motifs is 1. The van der Waals surface area contributed by atoms with E-state index >= 15 is 0 Å². The standard InChI is InChI=1S/C31H25Cl2N3O3S/c1-3-18(2)20-6-13-28-26(16-20)35-30(39-28)19-4-8-22(9-5-19)34-31(40)36-29(37)15-11-23-10-14-27(38-23)24-12-7-21(32)17-25(24)33/h4-18H,3H2,1-2H3,(H2,34,36,37,40)/b15-11+/t18-/m1/s1. The minimum absolute atomic E-state index is 0.162. The smallest absolute Gasteiger partial charge is 0.250 e. The van der Waals surface area contributed by atoms with Gasteiger partial charge in [-0.05, 0) is 103 Å². The van der Waals surface area contributed by atoms with E-state index in [2.05, 4.69) is 41.6 Å². The van der Waals surface area contributed by atoms with Crippen LogP contribution in [0, 0.1) is 0 Å². The van der Waals surface area contributed by atoms with Crippen molar-refractivity contribution in [2.75, 3.05) is 5.32 Å². The van der Waals surface area contributed by atoms with Gasteiger partial charge in [0.15, 0.2) is 10.7 Å². The van der Waals surface area contributed by atoms with Crippen molar-refractivity contribution in [1.82, 2.24) is 10.3 Å². The number of halogens is 2. The number of carbonyl (C=O) groups is 1. The molecule has 2 aromatic heterocycles. The molecule has 6 nitrogen and oxygen atoms in total. The highest BCUT2D eigenvalue weighted by Crippen LogP contribution is 2.32. The average Bonchev–Trinajstić information content (AvgIpc) is 3.58. The van der Waals surface area contributed by atoms with Crippen molar-refractivity contribution in [3.05, 3.63) is 100 Å². The van der Waals surface area contributed by atoms with Crippen LogP contribution < -0.4 is 10.6 Å². The highest BCUT2D eigenvalue weighted by atomic mass is 35.5. The molecule has 2 N–H and O–H groups in total. The third kappa shape index (κ3) is 6.45. The molecular formula is C31H25Cl2N3O3S. The van der Waals surface area contributed by atoms with Crippen LogP contribution >= 0.6 is 35.4 Å². The Morgan fingerprint density at radius 3 is 2.58 bits per heavy atom. The van der Waals surface area contributed by atoms with Gasteiger partial charge >= 0.3 is 0 Å². The Bertz CT molecular complexity index is 1720. The predicted octanol–water partition coefficient (Wildman–Crippen LogP) is 9.10. The summed E-state index contributed by atoms with van der Waals surface area (Å²) in [6, 6.07) is 22.3. The Balaban J connectivity index is 1.17. The minimum Gasteiger partial charge on any atom is -0.457 e. The van der Waals surface area contributed by atoms with E-state index in [4.69, 9.17) is 44.3 Å². The maximum Gasteiger partial charge on any atom is 0.250 e. The number of furan rings is 1. The van der Waals surface area contributed by atoms with Crippen molar-refractivity contribution in [2.45, 2.75) is 26.2 Å². The lowest BCUT2D eigenvalue weighted by Gasteiger charge is -2.08. The van der Waals surface area contributed by atoms with Gasteiger partial charge in [-0.2, -0.15) is 0 Å². The molecule has 40 heavy (non-hydrogen) atoms. The Morgan fingerprint density at radius 2 is 1.82 bits per heavy atom. The zero-order valence-electron chi connectivity index (χ0n) is 21.7. The van der Waals surface area contributed by atoms with Gasteiger partial charge in [0.2, 0.25) is 11.8 Å². The first-order chi connectivity index (χ1) is 19.3. The largest absolute Gasteiger partial charge is 0.457 e. The fraction of sp³-hybridized carbons (Fsp3) is 0.129. The SMILES string of the molecule is CC[C@@H](C)c1ccc2oc(-c3ccc(NC(=S)NC(=O)/C=C/c4ccc(-c5ccc(Cl)cc5Cl)o4)cc3)nc2c1. The molecule has 1 amide bonds. The average molecular weight is 591 g/mol. The maximum atomic E-state index is 12.4. The molecule has 5 rings (SSSR count). The van der Waals surface area contributed by atoms with Gasteiger partial charge in [-0.25, -0.2) is 4.98 Å². The normalized spacial score (nSPS) is 12.1. The second-order valence-corrected chi connectivity index (χ2v) is 10.5. The molecule has 0 radical (unpaired) electrons. The van der Waals surface area contributed by atoms with E-state index in [-0.39, 0.29) is 5.11 Å². The number of nitrogens with one attached hydrogen (secondary N) is 2. The predicted molar refractivity (Wildman–Crippen MR) is 166 cm³/mol. The van der Waals surface area contributed by atoms with Crippen molar-refractivity contribution in [1.29, 1.82) is 0 Å². The van der Waals surface area contributed by atoms with Gasteiger partial charge in [-0.15, -0.1) is 0 Å². The van der Waals surface area contributed by atoms with Crippen molar-refractivity contribution >= 4 is 69.3 Å². The maximum absolute atomic E-state index is 12.4. The number of amides is 1. The molecule has 0 aliphatic carbocycles. The van der Waals surface area contributed by atoms with Crippen LogP contribution in [0.25, 0.3) is 40.0 Å². The van der Waals surface area contributed by atoms with E-state index < -0.39 is 5.91 Å². The van der Waals surface area contributed by atoms with Crippen LogP contribution in [0.3, 0.4) is 0 Å². The van der Waals surface area contributed by atoms with E-state index in [1.807, 2.05) is 30.3 Å². The third-order valence-corrected chi connectivity index (χ3v) is 7.19. The Kier molecular flexibility index (Phi) is 8.35. The van der Waals surface area contributed by atoms with Gasteiger partial charge in [-0.1, -0.05) is 43.1 Å². The zero-order valence-corrected chi connectivity index (χ0v) is 24.0. The molecule has 0 bridgehead atoms. The van der Waals surface area contributed by atoms with E-state index in [1.165, 1.54) is 11.6 Å². The summed E-state index contributed by atoms with van der Waals surface area (Å²) in [7, 11) is 0. The lowest BCUT2D eigenvalue weighted by molar-refractivity contribution is -0.115. The second kappa shape index (κ2) is 12.1. The molecule has 0 spiro atoms. The first-order valence-electron chi connectivity index (χ1n) is 12.7. The van der Waals surface area contributed by atoms with Crippen LogP contribution in [0.15, 0.2) is 87.7 Å². The van der Waals surface area contributed by atoms with Gasteiger partial charge in [0, 0.05) is 27.9 Å². The molecule has 0 aliphatic rings. The second-order valence-electron chi connectivity index (χ2n) is 9.24. The molecule has 0 saturated carbocycles. The molecule has 2 heterocycles. The van der Waals surface area contributed by atoms with Crippen molar-refractivity contribution in [3.8, 4) is 22.8 Å². The van der Waals surface area contributed by atoms with Crippen LogP contribution in [0.2, 0.25) is 10.0 Å². The van der Waals surface area contributed by atoms with Gasteiger partial charge in [0.05, 0.1) is 5.02 Å². The summed E-state index contributed by atoms with van der Waals surface area (Å²) in [5.41, 5.74) is 5.09. The number of hydrogen-bond donors (Lipinski definition) is 2. The number of benzene rings is 3. The molecule has 3 aromatic carbocycles. The van der Waals surface area contributed by atoms with E-state index in [9.17, 15) is 4.79 Å². The summed E-state index contributed by atoms with van der Waals surface area (Å²) in [5.74, 6) is 1.66. The summed E-state index contributed by atoms with van der Waals surface area (Å²) in [6.07, 6.45) is 3.95. The summed E-state index contributed by atoms with van der Waals surface area (Å²) in [5, 5.41) is 6.80. The molecule has 0 fully saturated rings. The quantitative estimate of drug-likeness (QED) is 0.145. The van der Waals surface area contributed by atoms with Gasteiger partial charge in [0.25, 0.3) is 0 Å². The molecule has 0 unspecified atom stereocenters. The summed E-state index contributed by atoms with van der Waals surface area (Å²) >= 11 is 17.5. The highest BCUT2D eigenvalue weighted by molar-refractivity contribution is 7.80. The van der Waals surface area contributed by atoms with Crippen LogP contribution in [-0.2, 0) is 4.79 Å². The topological polar surface area (TPSA) is 80.3 Å². The molecule has 0 aliphatic heterocycles. The number of anilines is 1. The Morgan fingerprint density at radius 1 is 1.02 bits per heavy atom. The zero-order chi connectivity index (χ0) is 28.2. The fourth-order valence-corrected chi connectivity index (χ4v) is 4.78. The summed E-state index contributed by atoms with van der Waals surface area (Å²) in [4.78, 5) is 17.0. The van der Waals surface area contributed by atoms with Crippen LogP contribution in [0.4, 0.5) is 5.69 Å². The lowest BCUT2D eigenvalue weighted by atomic mass is 9.98. The number of hydrogen-bond acceptors (Lipinski definition) is 5. The Hall–Kier alpha value is -3.91. The number of rotatable bonds is 7. The van der Waals surface area contributed by atoms with E-state index in [1.54, 1.807) is 36.4 Å². The first kappa shape index (κ1) is 27.6. The highest BCUT2D eigenvalue weighted by Gasteiger charge is 2.12. The first-order valence-corrected chi connectivity index (χ1v) is 13.8. The number of carbonyl (C=O) groups excluding carboxylic acids is 1. The monoisotopic (exact) mass is 589 g/mol. The molecular weight excluding hydrogens is 565 g/mol. The molecule has 9 heteroatoms. The number of thiocarbonyl (C=S) groups is 1. The lowest BCUT2D eigenvalue weighted by Crippen LogP contribution is -2.32. The molecule has 202 valence electrons. The van der Waals surface area contributed by atoms with Crippen LogP contribution in [0.1, 0.15) is 37.5 Å². The number of aromatic nitrogens is 1. The van der Waals surface area contributed by atoms with Crippen molar-refractivity contribution < 1.29 is 13.6 Å². The summed E-state index contributed by atoms with van der Waals surface area (Å²) in [6.45, 7) is 4.37. The Labute approximate surface area is 247 Å². The number of nitrogens with zero attached hydrogens (tertiary/aromatic N) is 1. The fourth-order valence-electron chi connectivity index (χ4n) is 4.06. The third-order valence-electron chi connectivity index (χ3n) is 6.44. The van der Waals surface area contributed by atoms with Crippen LogP contribution in [0.5, 0.6) is 0 Å². The molecule has 0 saturated heterocycles. The minimum atomic E-state index is -0.403. The molecule has 5 aromatic rings. The number of oxazole rings is 1.